The lowest BCUT2D eigenvalue weighted by atomic mass is 10.00. The summed E-state index contributed by atoms with van der Waals surface area (Å²) in [5.41, 5.74) is 1.27. The van der Waals surface area contributed by atoms with Crippen LogP contribution in [0.5, 0.6) is 5.75 Å². The fraction of sp³-hybridized carbons (Fsp3) is 0.455. The molecule has 0 saturated carbocycles. The zero-order valence-electron chi connectivity index (χ0n) is 8.66. The second-order valence-corrected chi connectivity index (χ2v) is 4.98. The topological polar surface area (TPSA) is 29.5 Å². The SMILES string of the molecule is COc1ccc2c(c1F)CSC(C)C2O. The summed E-state index contributed by atoms with van der Waals surface area (Å²) in [6.07, 6.45) is -0.584. The Morgan fingerprint density at radius 3 is 2.93 bits per heavy atom. The average Bonchev–Trinajstić information content (AvgIpc) is 2.24. The van der Waals surface area contributed by atoms with E-state index in [1.165, 1.54) is 7.11 Å². The first-order chi connectivity index (χ1) is 7.15. The van der Waals surface area contributed by atoms with Gasteiger partial charge in [-0.2, -0.15) is 11.8 Å². The molecule has 0 aliphatic carbocycles. The van der Waals surface area contributed by atoms with Crippen molar-refractivity contribution in [1.29, 1.82) is 0 Å². The first-order valence-electron chi connectivity index (χ1n) is 4.80. The van der Waals surface area contributed by atoms with Gasteiger partial charge in [0.2, 0.25) is 0 Å². The monoisotopic (exact) mass is 228 g/mol. The molecule has 2 rings (SSSR count). The Hall–Kier alpha value is -0.740. The molecular weight excluding hydrogens is 215 g/mol. The third kappa shape index (κ3) is 1.72. The van der Waals surface area contributed by atoms with E-state index in [0.29, 0.717) is 16.9 Å². The van der Waals surface area contributed by atoms with Crippen LogP contribution in [0.25, 0.3) is 0 Å². The first-order valence-corrected chi connectivity index (χ1v) is 5.85. The van der Waals surface area contributed by atoms with E-state index in [9.17, 15) is 9.50 Å². The maximum atomic E-state index is 13.8. The van der Waals surface area contributed by atoms with E-state index in [1.807, 2.05) is 6.92 Å². The van der Waals surface area contributed by atoms with Crippen molar-refractivity contribution in [3.63, 3.8) is 0 Å². The molecule has 0 spiro atoms. The quantitative estimate of drug-likeness (QED) is 0.800. The molecule has 0 fully saturated rings. The lowest BCUT2D eigenvalue weighted by Gasteiger charge is -2.27. The fourth-order valence-corrected chi connectivity index (χ4v) is 2.81. The maximum Gasteiger partial charge on any atom is 0.169 e. The highest BCUT2D eigenvalue weighted by atomic mass is 32.2. The Kier molecular flexibility index (Phi) is 2.89. The summed E-state index contributed by atoms with van der Waals surface area (Å²) in [6, 6.07) is 3.32. The van der Waals surface area contributed by atoms with Crippen LogP contribution in [0, 0.1) is 5.82 Å². The number of hydrogen-bond acceptors (Lipinski definition) is 3. The Labute approximate surface area is 92.4 Å². The Bertz CT molecular complexity index is 381. The van der Waals surface area contributed by atoms with Gasteiger partial charge in [-0.25, -0.2) is 4.39 Å². The predicted molar refractivity (Wildman–Crippen MR) is 58.7 cm³/mol. The molecule has 2 atom stereocenters. The summed E-state index contributed by atoms with van der Waals surface area (Å²) in [5.74, 6) is 0.501. The molecule has 1 heterocycles. The Balaban J connectivity index is 2.50. The van der Waals surface area contributed by atoms with Gasteiger partial charge in [-0.05, 0) is 11.6 Å². The van der Waals surface area contributed by atoms with Crippen LogP contribution < -0.4 is 4.74 Å². The van der Waals surface area contributed by atoms with Crippen molar-refractivity contribution in [3.05, 3.63) is 29.1 Å². The van der Waals surface area contributed by atoms with Crippen LogP contribution in [0.3, 0.4) is 0 Å². The molecule has 0 saturated heterocycles. The van der Waals surface area contributed by atoms with E-state index in [2.05, 4.69) is 0 Å². The molecule has 82 valence electrons. The average molecular weight is 228 g/mol. The van der Waals surface area contributed by atoms with E-state index >= 15 is 0 Å². The van der Waals surface area contributed by atoms with E-state index in [0.717, 1.165) is 0 Å². The van der Waals surface area contributed by atoms with Gasteiger partial charge in [0.1, 0.15) is 0 Å². The molecular formula is C11H13FO2S. The largest absolute Gasteiger partial charge is 0.494 e. The second kappa shape index (κ2) is 4.02. The Morgan fingerprint density at radius 2 is 2.27 bits per heavy atom. The van der Waals surface area contributed by atoms with Gasteiger partial charge in [0, 0.05) is 16.6 Å². The highest BCUT2D eigenvalue weighted by Crippen LogP contribution is 2.40. The molecule has 1 N–H and O–H groups in total. The van der Waals surface area contributed by atoms with Gasteiger partial charge >= 0.3 is 0 Å². The number of rotatable bonds is 1. The summed E-state index contributed by atoms with van der Waals surface area (Å²) in [5, 5.41) is 10.0. The molecule has 1 aliphatic heterocycles. The highest BCUT2D eigenvalue weighted by Gasteiger charge is 2.28. The van der Waals surface area contributed by atoms with Crippen LogP contribution in [0.15, 0.2) is 12.1 Å². The van der Waals surface area contributed by atoms with Gasteiger partial charge in [-0.3, -0.25) is 0 Å². The number of thioether (sulfide) groups is 1. The van der Waals surface area contributed by atoms with Gasteiger partial charge in [-0.1, -0.05) is 13.0 Å². The lowest BCUT2D eigenvalue weighted by Crippen LogP contribution is -2.19. The summed E-state index contributed by atoms with van der Waals surface area (Å²) < 4.78 is 18.7. The lowest BCUT2D eigenvalue weighted by molar-refractivity contribution is 0.176. The van der Waals surface area contributed by atoms with Crippen molar-refractivity contribution in [2.45, 2.75) is 24.0 Å². The molecule has 2 nitrogen and oxygen atoms in total. The first kappa shape index (κ1) is 10.8. The van der Waals surface area contributed by atoms with E-state index in [1.54, 1.807) is 23.9 Å². The number of ether oxygens (including phenoxy) is 1. The smallest absolute Gasteiger partial charge is 0.169 e. The second-order valence-electron chi connectivity index (χ2n) is 3.61. The molecule has 2 unspecified atom stereocenters. The number of halogens is 1. The molecule has 0 amide bonds. The molecule has 0 bridgehead atoms. The molecule has 1 aliphatic rings. The van der Waals surface area contributed by atoms with E-state index in [4.69, 9.17) is 4.74 Å². The number of benzene rings is 1. The number of aliphatic hydroxyl groups excluding tert-OH is 1. The number of hydrogen-bond donors (Lipinski definition) is 1. The van der Waals surface area contributed by atoms with Crippen LogP contribution in [0.4, 0.5) is 4.39 Å². The molecule has 15 heavy (non-hydrogen) atoms. The van der Waals surface area contributed by atoms with Crippen molar-refractivity contribution >= 4 is 11.8 Å². The number of aliphatic hydroxyl groups is 1. The fourth-order valence-electron chi connectivity index (χ4n) is 1.75. The van der Waals surface area contributed by atoms with E-state index in [-0.39, 0.29) is 16.8 Å². The molecule has 1 aromatic rings. The number of methoxy groups -OCH3 is 1. The third-order valence-corrected chi connectivity index (χ3v) is 3.96. The molecule has 4 heteroatoms. The third-order valence-electron chi connectivity index (χ3n) is 2.72. The van der Waals surface area contributed by atoms with E-state index < -0.39 is 6.10 Å². The summed E-state index contributed by atoms with van der Waals surface area (Å²) in [4.78, 5) is 0. The normalized spacial score (nSPS) is 24.8. The molecule has 0 radical (unpaired) electrons. The molecule has 0 aromatic heterocycles. The van der Waals surface area contributed by atoms with Crippen LogP contribution in [0.2, 0.25) is 0 Å². The van der Waals surface area contributed by atoms with Crippen molar-refractivity contribution in [2.24, 2.45) is 0 Å². The summed E-state index contributed by atoms with van der Waals surface area (Å²) in [6.45, 7) is 1.94. The van der Waals surface area contributed by atoms with Gasteiger partial charge in [0.25, 0.3) is 0 Å². The van der Waals surface area contributed by atoms with Crippen molar-refractivity contribution in [2.75, 3.05) is 7.11 Å². The van der Waals surface area contributed by atoms with Crippen molar-refractivity contribution in [3.8, 4) is 5.75 Å². The minimum absolute atomic E-state index is 0.116. The standard InChI is InChI=1S/C11H13FO2S/c1-6-11(13)7-3-4-9(14-2)10(12)8(7)5-15-6/h3-4,6,11,13H,5H2,1-2H3. The van der Waals surface area contributed by atoms with Gasteiger partial charge < -0.3 is 9.84 Å². The van der Waals surface area contributed by atoms with Crippen LogP contribution >= 0.6 is 11.8 Å². The van der Waals surface area contributed by atoms with Crippen LogP contribution in [-0.4, -0.2) is 17.5 Å². The van der Waals surface area contributed by atoms with Crippen LogP contribution in [-0.2, 0) is 5.75 Å². The maximum absolute atomic E-state index is 13.8. The zero-order valence-corrected chi connectivity index (χ0v) is 9.47. The summed E-state index contributed by atoms with van der Waals surface area (Å²) >= 11 is 1.56. The highest BCUT2D eigenvalue weighted by molar-refractivity contribution is 7.99. The Morgan fingerprint density at radius 1 is 1.53 bits per heavy atom. The molecule has 1 aromatic carbocycles. The number of fused-ring (bicyclic) bond motifs is 1. The van der Waals surface area contributed by atoms with Gasteiger partial charge in [0.15, 0.2) is 11.6 Å². The van der Waals surface area contributed by atoms with Gasteiger partial charge in [-0.15, -0.1) is 0 Å². The van der Waals surface area contributed by atoms with Crippen molar-refractivity contribution in [1.82, 2.24) is 0 Å². The zero-order chi connectivity index (χ0) is 11.0. The minimum Gasteiger partial charge on any atom is -0.494 e. The van der Waals surface area contributed by atoms with Gasteiger partial charge in [0.05, 0.1) is 13.2 Å². The predicted octanol–water partition coefficient (Wildman–Crippen LogP) is 2.50. The van der Waals surface area contributed by atoms with Crippen molar-refractivity contribution < 1.29 is 14.2 Å². The summed E-state index contributed by atoms with van der Waals surface area (Å²) in [7, 11) is 1.44. The van der Waals surface area contributed by atoms with Crippen LogP contribution in [0.1, 0.15) is 24.2 Å². The minimum atomic E-state index is -0.584.